The van der Waals surface area contributed by atoms with Gasteiger partial charge in [0.25, 0.3) is 0 Å². The predicted octanol–water partition coefficient (Wildman–Crippen LogP) is 2.37. The van der Waals surface area contributed by atoms with Crippen molar-refractivity contribution >= 4 is 28.5 Å². The normalized spacial score (nSPS) is 18.5. The van der Waals surface area contributed by atoms with Crippen molar-refractivity contribution in [3.63, 3.8) is 0 Å². The first-order chi connectivity index (χ1) is 12.8. The van der Waals surface area contributed by atoms with E-state index in [0.717, 1.165) is 68.5 Å². The molecule has 7 nitrogen and oxygen atoms in total. The second-order valence-corrected chi connectivity index (χ2v) is 6.31. The predicted molar refractivity (Wildman–Crippen MR) is 103 cm³/mol. The molecule has 8 heteroatoms. The molecule has 0 unspecified atom stereocenters. The largest absolute Gasteiger partial charge is 0.379 e. The number of aromatic nitrogens is 3. The summed E-state index contributed by atoms with van der Waals surface area (Å²) in [5.74, 6) is 0.803. The van der Waals surface area contributed by atoms with Crippen LogP contribution in [0, 0.1) is 0 Å². The van der Waals surface area contributed by atoms with Gasteiger partial charge >= 0.3 is 0 Å². The van der Waals surface area contributed by atoms with Gasteiger partial charge in [-0.1, -0.05) is 13.8 Å². The van der Waals surface area contributed by atoms with Gasteiger partial charge in [-0.3, -0.25) is 4.90 Å². The average molecular weight is 380 g/mol. The summed E-state index contributed by atoms with van der Waals surface area (Å²) in [7, 11) is 0. The van der Waals surface area contributed by atoms with Crippen LogP contribution in [0.15, 0.2) is 12.1 Å². The third-order valence-electron chi connectivity index (χ3n) is 4.35. The van der Waals surface area contributed by atoms with E-state index in [1.54, 1.807) is 0 Å². The van der Waals surface area contributed by atoms with Gasteiger partial charge in [0.15, 0.2) is 5.82 Å². The Morgan fingerprint density at radius 1 is 0.923 bits per heavy atom. The average Bonchev–Trinajstić information content (AvgIpc) is 2.71. The Morgan fingerprint density at radius 2 is 1.58 bits per heavy atom. The highest BCUT2D eigenvalue weighted by Crippen LogP contribution is 2.25. The minimum absolute atomic E-state index is 0.256. The van der Waals surface area contributed by atoms with Crippen molar-refractivity contribution in [3.8, 4) is 0 Å². The third-order valence-corrected chi connectivity index (χ3v) is 4.52. The number of ether oxygens (including phenoxy) is 2. The van der Waals surface area contributed by atoms with Gasteiger partial charge in [0.2, 0.25) is 5.28 Å². The molecule has 4 rings (SSSR count). The van der Waals surface area contributed by atoms with E-state index in [4.69, 9.17) is 26.1 Å². The van der Waals surface area contributed by atoms with E-state index in [2.05, 4.69) is 19.8 Å². The van der Waals surface area contributed by atoms with E-state index in [1.165, 1.54) is 0 Å². The SMILES string of the molecule is CC.Clc1nc(N2CCOCC2)c2nc(CN3CCOCC3)ccc2n1. The van der Waals surface area contributed by atoms with Crippen LogP contribution < -0.4 is 4.90 Å². The summed E-state index contributed by atoms with van der Waals surface area (Å²) < 4.78 is 10.8. The van der Waals surface area contributed by atoms with Crippen molar-refractivity contribution in [1.29, 1.82) is 0 Å². The van der Waals surface area contributed by atoms with Crippen molar-refractivity contribution < 1.29 is 9.47 Å². The van der Waals surface area contributed by atoms with Crippen LogP contribution in [-0.2, 0) is 16.0 Å². The molecule has 0 aromatic carbocycles. The molecule has 0 radical (unpaired) electrons. The first-order valence-electron chi connectivity index (χ1n) is 9.25. The number of halogens is 1. The molecular formula is C18H26ClN5O2. The van der Waals surface area contributed by atoms with Crippen LogP contribution in [0.4, 0.5) is 5.82 Å². The second-order valence-electron chi connectivity index (χ2n) is 5.97. The van der Waals surface area contributed by atoms with Gasteiger partial charge in [0.1, 0.15) is 5.52 Å². The molecule has 0 amide bonds. The zero-order chi connectivity index (χ0) is 18.4. The van der Waals surface area contributed by atoms with Crippen LogP contribution in [0.3, 0.4) is 0 Å². The monoisotopic (exact) mass is 379 g/mol. The number of pyridine rings is 1. The lowest BCUT2D eigenvalue weighted by molar-refractivity contribution is 0.0337. The number of hydrogen-bond donors (Lipinski definition) is 0. The Labute approximate surface area is 159 Å². The number of nitrogens with zero attached hydrogens (tertiary/aromatic N) is 5. The first-order valence-corrected chi connectivity index (χ1v) is 9.63. The highest BCUT2D eigenvalue weighted by atomic mass is 35.5. The summed E-state index contributed by atoms with van der Waals surface area (Å²) in [4.78, 5) is 18.1. The van der Waals surface area contributed by atoms with Crippen LogP contribution in [0.25, 0.3) is 11.0 Å². The maximum atomic E-state index is 6.11. The molecule has 142 valence electrons. The van der Waals surface area contributed by atoms with Gasteiger partial charge in [-0.25, -0.2) is 9.97 Å². The molecule has 2 aliphatic heterocycles. The smallest absolute Gasteiger partial charge is 0.225 e. The topological polar surface area (TPSA) is 63.6 Å². The second kappa shape index (κ2) is 9.41. The summed E-state index contributed by atoms with van der Waals surface area (Å²) >= 11 is 6.11. The lowest BCUT2D eigenvalue weighted by Crippen LogP contribution is -2.37. The third kappa shape index (κ3) is 4.59. The van der Waals surface area contributed by atoms with E-state index in [1.807, 2.05) is 26.0 Å². The van der Waals surface area contributed by atoms with Gasteiger partial charge < -0.3 is 14.4 Å². The molecule has 0 atom stereocenters. The summed E-state index contributed by atoms with van der Waals surface area (Å²) in [6, 6.07) is 4.00. The fraction of sp³-hybridized carbons (Fsp3) is 0.611. The van der Waals surface area contributed by atoms with E-state index in [0.29, 0.717) is 13.2 Å². The number of hydrogen-bond acceptors (Lipinski definition) is 7. The number of fused-ring (bicyclic) bond motifs is 1. The number of anilines is 1. The Balaban J connectivity index is 0.000000948. The lowest BCUT2D eigenvalue weighted by Gasteiger charge is -2.28. The molecule has 0 aliphatic carbocycles. The van der Waals surface area contributed by atoms with Gasteiger partial charge in [-0.15, -0.1) is 0 Å². The zero-order valence-corrected chi connectivity index (χ0v) is 16.2. The van der Waals surface area contributed by atoms with Crippen LogP contribution in [0.1, 0.15) is 19.5 Å². The van der Waals surface area contributed by atoms with E-state index in [-0.39, 0.29) is 5.28 Å². The number of rotatable bonds is 3. The van der Waals surface area contributed by atoms with E-state index >= 15 is 0 Å². The highest BCUT2D eigenvalue weighted by molar-refractivity contribution is 6.28. The maximum absolute atomic E-state index is 6.11. The summed E-state index contributed by atoms with van der Waals surface area (Å²) in [6.07, 6.45) is 0. The van der Waals surface area contributed by atoms with Gasteiger partial charge in [0.05, 0.1) is 37.6 Å². The summed E-state index contributed by atoms with van der Waals surface area (Å²) in [5.41, 5.74) is 2.61. The first kappa shape index (κ1) is 19.2. The maximum Gasteiger partial charge on any atom is 0.225 e. The van der Waals surface area contributed by atoms with E-state index in [9.17, 15) is 0 Å². The molecule has 4 heterocycles. The molecule has 2 aromatic heterocycles. The molecule has 0 spiro atoms. The molecule has 2 fully saturated rings. The number of morpholine rings is 2. The Kier molecular flexibility index (Phi) is 6.96. The van der Waals surface area contributed by atoms with Crippen molar-refractivity contribution in [2.45, 2.75) is 20.4 Å². The summed E-state index contributed by atoms with van der Waals surface area (Å²) in [5, 5.41) is 0.256. The van der Waals surface area contributed by atoms with Crippen molar-refractivity contribution in [2.75, 3.05) is 57.5 Å². The molecular weight excluding hydrogens is 354 g/mol. The summed E-state index contributed by atoms with van der Waals surface area (Å²) in [6.45, 7) is 11.2. The molecule has 2 aromatic rings. The molecule has 0 N–H and O–H groups in total. The fourth-order valence-electron chi connectivity index (χ4n) is 3.08. The van der Waals surface area contributed by atoms with Crippen LogP contribution in [0.2, 0.25) is 5.28 Å². The Hall–Kier alpha value is -1.54. The van der Waals surface area contributed by atoms with Crippen molar-refractivity contribution in [2.24, 2.45) is 0 Å². The zero-order valence-electron chi connectivity index (χ0n) is 15.4. The molecule has 0 bridgehead atoms. The Morgan fingerprint density at radius 3 is 2.27 bits per heavy atom. The van der Waals surface area contributed by atoms with Crippen LogP contribution in [-0.4, -0.2) is 72.5 Å². The standard InChI is InChI=1S/C16H20ClN5O2.C2H6/c17-16-19-13-2-1-12(11-21-3-7-23-8-4-21)18-14(13)15(20-16)22-5-9-24-10-6-22;1-2/h1-2H,3-11H2;1-2H3. The fourth-order valence-corrected chi connectivity index (χ4v) is 3.25. The van der Waals surface area contributed by atoms with Crippen molar-refractivity contribution in [3.05, 3.63) is 23.1 Å². The lowest BCUT2D eigenvalue weighted by atomic mass is 10.2. The van der Waals surface area contributed by atoms with E-state index < -0.39 is 0 Å². The van der Waals surface area contributed by atoms with Gasteiger partial charge in [-0.2, -0.15) is 4.98 Å². The molecule has 26 heavy (non-hydrogen) atoms. The quantitative estimate of drug-likeness (QED) is 0.758. The van der Waals surface area contributed by atoms with Gasteiger partial charge in [-0.05, 0) is 23.7 Å². The van der Waals surface area contributed by atoms with Crippen molar-refractivity contribution in [1.82, 2.24) is 19.9 Å². The minimum atomic E-state index is 0.256. The highest BCUT2D eigenvalue weighted by Gasteiger charge is 2.19. The van der Waals surface area contributed by atoms with Gasteiger partial charge in [0, 0.05) is 32.7 Å². The minimum Gasteiger partial charge on any atom is -0.379 e. The molecule has 0 saturated carbocycles. The Bertz CT molecular complexity index is 718. The molecule has 2 saturated heterocycles. The van der Waals surface area contributed by atoms with Crippen LogP contribution in [0.5, 0.6) is 0 Å². The molecule has 2 aliphatic rings. The van der Waals surface area contributed by atoms with Crippen LogP contribution >= 0.6 is 11.6 Å².